The molecule has 0 aromatic heterocycles. The molecular formula is C7H16N2O. The van der Waals surface area contributed by atoms with Crippen LogP contribution in [0, 0.1) is 0 Å². The van der Waals surface area contributed by atoms with E-state index in [1.807, 2.05) is 6.92 Å². The van der Waals surface area contributed by atoms with Crippen molar-refractivity contribution < 1.29 is 4.74 Å². The quantitative estimate of drug-likeness (QED) is 0.557. The summed E-state index contributed by atoms with van der Waals surface area (Å²) in [6.07, 6.45) is 0. The highest BCUT2D eigenvalue weighted by Crippen LogP contribution is 1.90. The fourth-order valence-corrected chi connectivity index (χ4v) is 1.08. The van der Waals surface area contributed by atoms with Crippen LogP contribution in [0.1, 0.15) is 6.92 Å². The molecule has 0 unspecified atom stereocenters. The molecule has 1 heterocycles. The number of nitrogens with one attached hydrogen (secondary N) is 1. The van der Waals surface area contributed by atoms with E-state index in [4.69, 9.17) is 4.74 Å². The van der Waals surface area contributed by atoms with E-state index in [1.165, 1.54) is 6.54 Å². The Morgan fingerprint density at radius 1 is 1.60 bits per heavy atom. The number of ether oxygens (including phenoxy) is 1. The van der Waals surface area contributed by atoms with Crippen LogP contribution in [0.15, 0.2) is 0 Å². The molecular weight excluding hydrogens is 128 g/mol. The van der Waals surface area contributed by atoms with Crippen LogP contribution in [0.2, 0.25) is 0 Å². The van der Waals surface area contributed by atoms with E-state index in [1.54, 1.807) is 0 Å². The molecule has 3 heteroatoms. The van der Waals surface area contributed by atoms with Crippen LogP contribution >= 0.6 is 0 Å². The highest BCUT2D eigenvalue weighted by Gasteiger charge is 2.08. The molecule has 1 fully saturated rings. The molecule has 1 N–H and O–H groups in total. The molecule has 1 saturated heterocycles. The Bertz CT molecular complexity index is 81.7. The molecule has 0 saturated carbocycles. The fraction of sp³-hybridized carbons (Fsp3) is 1.00. The first-order chi connectivity index (χ1) is 4.93. The molecule has 10 heavy (non-hydrogen) atoms. The van der Waals surface area contributed by atoms with Crippen LogP contribution in [-0.4, -0.2) is 44.4 Å². The summed E-state index contributed by atoms with van der Waals surface area (Å²) in [6, 6.07) is 0. The highest BCUT2D eigenvalue weighted by atomic mass is 16.5. The van der Waals surface area contributed by atoms with E-state index < -0.39 is 0 Å². The van der Waals surface area contributed by atoms with Crippen LogP contribution in [0.3, 0.4) is 0 Å². The van der Waals surface area contributed by atoms with Crippen LogP contribution in [0.25, 0.3) is 0 Å². The monoisotopic (exact) mass is 144 g/mol. The first-order valence-electron chi connectivity index (χ1n) is 3.94. The van der Waals surface area contributed by atoms with Crippen LogP contribution in [-0.2, 0) is 4.74 Å². The first kappa shape index (κ1) is 7.98. The summed E-state index contributed by atoms with van der Waals surface area (Å²) in [7, 11) is 0. The zero-order chi connectivity index (χ0) is 7.23. The highest BCUT2D eigenvalue weighted by molar-refractivity contribution is 4.64. The second-order valence-electron chi connectivity index (χ2n) is 2.47. The van der Waals surface area contributed by atoms with Gasteiger partial charge in [0.25, 0.3) is 0 Å². The van der Waals surface area contributed by atoms with Crippen LogP contribution in [0.4, 0.5) is 0 Å². The third-order valence-electron chi connectivity index (χ3n) is 1.70. The van der Waals surface area contributed by atoms with Gasteiger partial charge in [-0.3, -0.25) is 4.90 Å². The first-order valence-corrected chi connectivity index (χ1v) is 3.94. The zero-order valence-corrected chi connectivity index (χ0v) is 6.60. The number of hydrogen-bond acceptors (Lipinski definition) is 3. The van der Waals surface area contributed by atoms with E-state index in [9.17, 15) is 0 Å². The predicted molar refractivity (Wildman–Crippen MR) is 40.9 cm³/mol. The van der Waals surface area contributed by atoms with E-state index in [0.29, 0.717) is 0 Å². The molecule has 0 aromatic rings. The van der Waals surface area contributed by atoms with Gasteiger partial charge in [0, 0.05) is 32.9 Å². The fourth-order valence-electron chi connectivity index (χ4n) is 1.08. The Morgan fingerprint density at radius 2 is 2.50 bits per heavy atom. The van der Waals surface area contributed by atoms with E-state index in [2.05, 4.69) is 10.2 Å². The minimum Gasteiger partial charge on any atom is -0.380 e. The van der Waals surface area contributed by atoms with Gasteiger partial charge in [0.15, 0.2) is 0 Å². The Labute approximate surface area is 62.3 Å². The van der Waals surface area contributed by atoms with Crippen molar-refractivity contribution in [2.75, 3.05) is 39.5 Å². The largest absolute Gasteiger partial charge is 0.380 e. The summed E-state index contributed by atoms with van der Waals surface area (Å²) >= 11 is 0. The summed E-state index contributed by atoms with van der Waals surface area (Å²) in [5.74, 6) is 0. The minimum atomic E-state index is 0.835. The van der Waals surface area contributed by atoms with Crippen molar-refractivity contribution in [2.24, 2.45) is 0 Å². The topological polar surface area (TPSA) is 24.5 Å². The van der Waals surface area contributed by atoms with Gasteiger partial charge in [-0.25, -0.2) is 0 Å². The lowest BCUT2D eigenvalue weighted by atomic mass is 10.5. The Morgan fingerprint density at radius 3 is 3.10 bits per heavy atom. The third-order valence-corrected chi connectivity index (χ3v) is 1.70. The van der Waals surface area contributed by atoms with Gasteiger partial charge in [-0.15, -0.1) is 0 Å². The average Bonchev–Trinajstić information content (AvgIpc) is 2.41. The Kier molecular flexibility index (Phi) is 3.72. The van der Waals surface area contributed by atoms with Crippen molar-refractivity contribution in [2.45, 2.75) is 6.92 Å². The Balaban J connectivity index is 1.91. The molecule has 1 aliphatic heterocycles. The maximum absolute atomic E-state index is 5.23. The summed E-state index contributed by atoms with van der Waals surface area (Å²) in [4.78, 5) is 2.36. The number of nitrogens with zero attached hydrogens (tertiary/aromatic N) is 1. The standard InChI is InChI=1S/C7H16N2O/c1-2-10-6-5-9-4-3-8-7-9/h8H,2-7H2,1H3. The van der Waals surface area contributed by atoms with Gasteiger partial charge >= 0.3 is 0 Å². The van der Waals surface area contributed by atoms with Crippen molar-refractivity contribution in [3.8, 4) is 0 Å². The molecule has 0 aromatic carbocycles. The van der Waals surface area contributed by atoms with Gasteiger partial charge < -0.3 is 10.1 Å². The molecule has 0 radical (unpaired) electrons. The van der Waals surface area contributed by atoms with Gasteiger partial charge in [-0.05, 0) is 6.92 Å². The number of rotatable bonds is 4. The van der Waals surface area contributed by atoms with Crippen molar-refractivity contribution in [3.63, 3.8) is 0 Å². The normalized spacial score (nSPS) is 20.1. The zero-order valence-electron chi connectivity index (χ0n) is 6.60. The minimum absolute atomic E-state index is 0.835. The molecule has 0 amide bonds. The van der Waals surface area contributed by atoms with Gasteiger partial charge in [-0.2, -0.15) is 0 Å². The second kappa shape index (κ2) is 4.66. The van der Waals surface area contributed by atoms with Gasteiger partial charge in [0.1, 0.15) is 0 Å². The van der Waals surface area contributed by atoms with Crippen LogP contribution in [0.5, 0.6) is 0 Å². The molecule has 0 atom stereocenters. The lowest BCUT2D eigenvalue weighted by Gasteiger charge is -2.12. The molecule has 60 valence electrons. The molecule has 1 rings (SSSR count). The number of hydrogen-bond donors (Lipinski definition) is 1. The summed E-state index contributed by atoms with van der Waals surface area (Å²) in [6.45, 7) is 8.15. The lowest BCUT2D eigenvalue weighted by molar-refractivity contribution is 0.121. The summed E-state index contributed by atoms with van der Waals surface area (Å²) in [5.41, 5.74) is 0. The van der Waals surface area contributed by atoms with Crippen molar-refractivity contribution in [1.29, 1.82) is 0 Å². The molecule has 0 aliphatic carbocycles. The van der Waals surface area contributed by atoms with Gasteiger partial charge in [0.05, 0.1) is 6.61 Å². The smallest absolute Gasteiger partial charge is 0.0593 e. The average molecular weight is 144 g/mol. The van der Waals surface area contributed by atoms with Crippen molar-refractivity contribution >= 4 is 0 Å². The maximum atomic E-state index is 5.23. The summed E-state index contributed by atoms with van der Waals surface area (Å²) in [5, 5.41) is 3.27. The maximum Gasteiger partial charge on any atom is 0.0593 e. The molecule has 0 bridgehead atoms. The molecule has 1 aliphatic rings. The van der Waals surface area contributed by atoms with Crippen molar-refractivity contribution in [1.82, 2.24) is 10.2 Å². The third kappa shape index (κ3) is 2.64. The Hall–Kier alpha value is -0.120. The van der Waals surface area contributed by atoms with Gasteiger partial charge in [-0.1, -0.05) is 0 Å². The summed E-state index contributed by atoms with van der Waals surface area (Å²) < 4.78 is 5.23. The van der Waals surface area contributed by atoms with Gasteiger partial charge in [0.2, 0.25) is 0 Å². The predicted octanol–water partition coefficient (Wildman–Crippen LogP) is -0.114. The second-order valence-corrected chi connectivity index (χ2v) is 2.47. The van der Waals surface area contributed by atoms with E-state index in [0.717, 1.165) is 33.0 Å². The SMILES string of the molecule is CCOCCN1CCNC1. The van der Waals surface area contributed by atoms with Crippen molar-refractivity contribution in [3.05, 3.63) is 0 Å². The van der Waals surface area contributed by atoms with Crippen LogP contribution < -0.4 is 5.32 Å². The van der Waals surface area contributed by atoms with E-state index in [-0.39, 0.29) is 0 Å². The molecule has 0 spiro atoms. The molecule has 3 nitrogen and oxygen atoms in total. The van der Waals surface area contributed by atoms with E-state index >= 15 is 0 Å². The lowest BCUT2D eigenvalue weighted by Crippen LogP contribution is -2.26.